The highest BCUT2D eigenvalue weighted by Gasteiger charge is 2.13. The first-order valence-electron chi connectivity index (χ1n) is 6.46. The average molecular weight is 299 g/mol. The molecule has 0 bridgehead atoms. The predicted octanol–water partition coefficient (Wildman–Crippen LogP) is 0.820. The van der Waals surface area contributed by atoms with Gasteiger partial charge in [-0.25, -0.2) is 8.78 Å². The summed E-state index contributed by atoms with van der Waals surface area (Å²) >= 11 is 0. The molecule has 0 saturated carbocycles. The summed E-state index contributed by atoms with van der Waals surface area (Å²) in [6.07, 6.45) is 0. The predicted molar refractivity (Wildman–Crippen MR) is 74.5 cm³/mol. The summed E-state index contributed by atoms with van der Waals surface area (Å²) in [5, 5.41) is 5.26. The van der Waals surface area contributed by atoms with Crippen LogP contribution < -0.4 is 10.6 Å². The van der Waals surface area contributed by atoms with E-state index in [1.54, 1.807) is 21.0 Å². The quantitative estimate of drug-likeness (QED) is 0.817. The minimum Gasteiger partial charge on any atom is -0.347 e. The summed E-state index contributed by atoms with van der Waals surface area (Å²) in [7, 11) is 3.18. The topological polar surface area (TPSA) is 61.4 Å². The lowest BCUT2D eigenvalue weighted by atomic mass is 10.1. The van der Waals surface area contributed by atoms with Gasteiger partial charge < -0.3 is 15.5 Å². The maximum atomic E-state index is 13.5. The van der Waals surface area contributed by atoms with E-state index in [1.165, 1.54) is 11.0 Å². The van der Waals surface area contributed by atoms with Crippen molar-refractivity contribution in [3.05, 3.63) is 35.4 Å². The number of likely N-dealkylation sites (N-methyl/N-ethyl adjacent to an activating group) is 1. The molecule has 7 heteroatoms. The van der Waals surface area contributed by atoms with E-state index in [-0.39, 0.29) is 30.5 Å². The van der Waals surface area contributed by atoms with Crippen molar-refractivity contribution in [3.63, 3.8) is 0 Å². The van der Waals surface area contributed by atoms with Crippen LogP contribution in [0.2, 0.25) is 0 Å². The van der Waals surface area contributed by atoms with E-state index in [4.69, 9.17) is 0 Å². The summed E-state index contributed by atoms with van der Waals surface area (Å²) in [5.74, 6) is -1.91. The first-order valence-corrected chi connectivity index (χ1v) is 6.46. The number of rotatable bonds is 6. The van der Waals surface area contributed by atoms with Gasteiger partial charge in [-0.1, -0.05) is 6.07 Å². The molecule has 2 N–H and O–H groups in total. The first-order chi connectivity index (χ1) is 9.81. The summed E-state index contributed by atoms with van der Waals surface area (Å²) in [4.78, 5) is 24.2. The zero-order valence-electron chi connectivity index (χ0n) is 12.2. The minimum atomic E-state index is -0.668. The number of nitrogens with one attached hydrogen (secondary N) is 2. The fourth-order valence-corrected chi connectivity index (χ4v) is 1.60. The Morgan fingerprint density at radius 3 is 2.48 bits per heavy atom. The van der Waals surface area contributed by atoms with Gasteiger partial charge in [0.25, 0.3) is 0 Å². The van der Waals surface area contributed by atoms with E-state index in [0.717, 1.165) is 12.1 Å². The number of nitrogens with zero attached hydrogens (tertiary/aromatic N) is 1. The maximum Gasteiger partial charge on any atom is 0.241 e. The monoisotopic (exact) mass is 299 g/mol. The molecule has 0 aromatic heterocycles. The third-order valence-corrected chi connectivity index (χ3v) is 2.93. The van der Waals surface area contributed by atoms with E-state index >= 15 is 0 Å². The van der Waals surface area contributed by atoms with Crippen molar-refractivity contribution >= 4 is 11.8 Å². The molecule has 1 aromatic rings. The summed E-state index contributed by atoms with van der Waals surface area (Å²) in [5.41, 5.74) is 0.272. The number of hydrogen-bond donors (Lipinski definition) is 2. The maximum absolute atomic E-state index is 13.5. The van der Waals surface area contributed by atoms with Crippen molar-refractivity contribution in [2.45, 2.75) is 13.0 Å². The number of benzene rings is 1. The Labute approximate surface area is 122 Å². The van der Waals surface area contributed by atoms with E-state index in [1.807, 2.05) is 0 Å². The van der Waals surface area contributed by atoms with Crippen LogP contribution in [0.5, 0.6) is 0 Å². The number of carbonyl (C=O) groups is 2. The molecule has 0 radical (unpaired) electrons. The smallest absolute Gasteiger partial charge is 0.241 e. The lowest BCUT2D eigenvalue weighted by Gasteiger charge is -2.15. The average Bonchev–Trinajstić information content (AvgIpc) is 2.41. The standard InChI is InChI=1S/C14H19F2N3O2/c1-9(11-5-4-10(15)6-12(11)16)17-7-13(20)18-8-14(21)19(2)3/h4-6,9,17H,7-8H2,1-3H3,(H,18,20)/t9-/m0/s1. The third-order valence-electron chi connectivity index (χ3n) is 2.93. The molecule has 0 aliphatic heterocycles. The first kappa shape index (κ1) is 17.0. The molecule has 21 heavy (non-hydrogen) atoms. The highest BCUT2D eigenvalue weighted by molar-refractivity contribution is 5.85. The molecule has 0 fully saturated rings. The van der Waals surface area contributed by atoms with Gasteiger partial charge in [0.05, 0.1) is 13.1 Å². The number of amides is 2. The van der Waals surface area contributed by atoms with Crippen molar-refractivity contribution in [3.8, 4) is 0 Å². The van der Waals surface area contributed by atoms with Crippen molar-refractivity contribution in [1.29, 1.82) is 0 Å². The van der Waals surface area contributed by atoms with Gasteiger partial charge in [0, 0.05) is 31.8 Å². The highest BCUT2D eigenvalue weighted by Crippen LogP contribution is 2.17. The van der Waals surface area contributed by atoms with Crippen molar-refractivity contribution < 1.29 is 18.4 Å². The van der Waals surface area contributed by atoms with Gasteiger partial charge in [-0.3, -0.25) is 9.59 Å². The number of halogens is 2. The Bertz CT molecular complexity index is 521. The van der Waals surface area contributed by atoms with Crippen LogP contribution in [0.1, 0.15) is 18.5 Å². The van der Waals surface area contributed by atoms with Crippen LogP contribution in [0, 0.1) is 11.6 Å². The molecule has 2 amide bonds. The Kier molecular flexibility index (Phi) is 6.23. The van der Waals surface area contributed by atoms with E-state index in [0.29, 0.717) is 0 Å². The number of carbonyl (C=O) groups excluding carboxylic acids is 2. The number of hydrogen-bond acceptors (Lipinski definition) is 3. The molecule has 116 valence electrons. The van der Waals surface area contributed by atoms with Gasteiger partial charge >= 0.3 is 0 Å². The second-order valence-corrected chi connectivity index (χ2v) is 4.83. The van der Waals surface area contributed by atoms with E-state index < -0.39 is 17.7 Å². The summed E-state index contributed by atoms with van der Waals surface area (Å²) in [6, 6.07) is 2.83. The Morgan fingerprint density at radius 1 is 1.24 bits per heavy atom. The third kappa shape index (κ3) is 5.47. The Balaban J connectivity index is 2.44. The molecule has 0 aliphatic rings. The lowest BCUT2D eigenvalue weighted by molar-refractivity contribution is -0.130. The van der Waals surface area contributed by atoms with Gasteiger partial charge in [-0.05, 0) is 13.0 Å². The zero-order valence-corrected chi connectivity index (χ0v) is 12.2. The van der Waals surface area contributed by atoms with E-state index in [9.17, 15) is 18.4 Å². The van der Waals surface area contributed by atoms with Crippen LogP contribution >= 0.6 is 0 Å². The van der Waals surface area contributed by atoms with Crippen molar-refractivity contribution in [2.24, 2.45) is 0 Å². The largest absolute Gasteiger partial charge is 0.347 e. The molecular weight excluding hydrogens is 280 g/mol. The normalized spacial score (nSPS) is 11.9. The summed E-state index contributed by atoms with van der Waals surface area (Å²) in [6.45, 7) is 1.50. The molecule has 1 aromatic carbocycles. The molecule has 0 unspecified atom stereocenters. The van der Waals surface area contributed by atoms with Crippen LogP contribution in [-0.4, -0.2) is 43.9 Å². The zero-order chi connectivity index (χ0) is 16.0. The Hall–Kier alpha value is -2.02. The molecule has 5 nitrogen and oxygen atoms in total. The van der Waals surface area contributed by atoms with Gasteiger partial charge in [-0.2, -0.15) is 0 Å². The fourth-order valence-electron chi connectivity index (χ4n) is 1.60. The van der Waals surface area contributed by atoms with Gasteiger partial charge in [-0.15, -0.1) is 0 Å². The molecule has 0 saturated heterocycles. The van der Waals surface area contributed by atoms with Crippen LogP contribution in [0.3, 0.4) is 0 Å². The highest BCUT2D eigenvalue weighted by atomic mass is 19.1. The molecule has 0 spiro atoms. The molecular formula is C14H19F2N3O2. The van der Waals surface area contributed by atoms with E-state index in [2.05, 4.69) is 10.6 Å². The Morgan fingerprint density at radius 2 is 1.90 bits per heavy atom. The molecule has 1 atom stereocenters. The van der Waals surface area contributed by atoms with Crippen LogP contribution in [0.15, 0.2) is 18.2 Å². The van der Waals surface area contributed by atoms with Crippen LogP contribution in [0.4, 0.5) is 8.78 Å². The van der Waals surface area contributed by atoms with Gasteiger partial charge in [0.15, 0.2) is 0 Å². The molecule has 0 aliphatic carbocycles. The fraction of sp³-hybridized carbons (Fsp3) is 0.429. The second-order valence-electron chi connectivity index (χ2n) is 4.83. The van der Waals surface area contributed by atoms with Crippen molar-refractivity contribution in [1.82, 2.24) is 15.5 Å². The van der Waals surface area contributed by atoms with Crippen LogP contribution in [0.25, 0.3) is 0 Å². The SMILES string of the molecule is C[C@H](NCC(=O)NCC(=O)N(C)C)c1ccc(F)cc1F. The molecule has 1 rings (SSSR count). The molecule has 0 heterocycles. The van der Waals surface area contributed by atoms with Crippen molar-refractivity contribution in [2.75, 3.05) is 27.2 Å². The lowest BCUT2D eigenvalue weighted by Crippen LogP contribution is -2.40. The minimum absolute atomic E-state index is 0.0707. The van der Waals surface area contributed by atoms with Gasteiger partial charge in [0.1, 0.15) is 11.6 Å². The van der Waals surface area contributed by atoms with Crippen LogP contribution in [-0.2, 0) is 9.59 Å². The summed E-state index contributed by atoms with van der Waals surface area (Å²) < 4.78 is 26.3. The second kappa shape index (κ2) is 7.68. The van der Waals surface area contributed by atoms with Gasteiger partial charge in [0.2, 0.25) is 11.8 Å².